The molecule has 0 N–H and O–H groups in total. The van der Waals surface area contributed by atoms with Crippen molar-refractivity contribution in [2.45, 2.75) is 33.2 Å². The lowest BCUT2D eigenvalue weighted by molar-refractivity contribution is -0.374. The zero-order chi connectivity index (χ0) is 9.03. The first-order valence-corrected chi connectivity index (χ1v) is 4.67. The van der Waals surface area contributed by atoms with Crippen molar-refractivity contribution in [3.8, 4) is 0 Å². The molecule has 1 fully saturated rings. The summed E-state index contributed by atoms with van der Waals surface area (Å²) in [6.45, 7) is 8.00. The molecule has 0 aromatic heterocycles. The first-order valence-electron chi connectivity index (χ1n) is 4.67. The molecule has 0 unspecified atom stereocenters. The third-order valence-corrected chi connectivity index (χ3v) is 2.15. The van der Waals surface area contributed by atoms with Crippen molar-refractivity contribution in [1.29, 1.82) is 0 Å². The molecule has 1 rings (SSSR count). The van der Waals surface area contributed by atoms with Crippen LogP contribution in [0.1, 0.15) is 27.2 Å². The Hall–Kier alpha value is -0.120. The Labute approximate surface area is 74.0 Å². The Morgan fingerprint density at radius 2 is 1.92 bits per heavy atom. The monoisotopic (exact) mass is 174 g/mol. The number of ether oxygens (including phenoxy) is 3. The van der Waals surface area contributed by atoms with Crippen LogP contribution in [0.4, 0.5) is 0 Å². The van der Waals surface area contributed by atoms with Crippen LogP contribution >= 0.6 is 0 Å². The summed E-state index contributed by atoms with van der Waals surface area (Å²) >= 11 is 0. The van der Waals surface area contributed by atoms with Crippen molar-refractivity contribution in [2.75, 3.05) is 19.8 Å². The van der Waals surface area contributed by atoms with E-state index in [9.17, 15) is 0 Å². The molecule has 3 nitrogen and oxygen atoms in total. The van der Waals surface area contributed by atoms with Crippen molar-refractivity contribution in [3.63, 3.8) is 0 Å². The minimum Gasteiger partial charge on any atom is -0.328 e. The SMILES string of the molecule is CCOC1(OCC)OCC[C@@H]1C. The summed E-state index contributed by atoms with van der Waals surface area (Å²) in [5.41, 5.74) is 0. The fourth-order valence-corrected chi connectivity index (χ4v) is 1.51. The van der Waals surface area contributed by atoms with Crippen LogP contribution in [0.3, 0.4) is 0 Å². The Morgan fingerprint density at radius 3 is 2.25 bits per heavy atom. The van der Waals surface area contributed by atoms with Gasteiger partial charge in [-0.3, -0.25) is 0 Å². The van der Waals surface area contributed by atoms with E-state index in [1.807, 2.05) is 13.8 Å². The normalized spacial score (nSPS) is 27.8. The molecule has 0 aromatic rings. The molecular weight excluding hydrogens is 156 g/mol. The van der Waals surface area contributed by atoms with Gasteiger partial charge in [0.05, 0.1) is 6.61 Å². The fraction of sp³-hybridized carbons (Fsp3) is 1.00. The maximum Gasteiger partial charge on any atom is 0.285 e. The predicted octanol–water partition coefficient (Wildman–Crippen LogP) is 1.77. The van der Waals surface area contributed by atoms with Crippen molar-refractivity contribution >= 4 is 0 Å². The first kappa shape index (κ1) is 9.96. The lowest BCUT2D eigenvalue weighted by Crippen LogP contribution is -2.40. The molecule has 1 aliphatic heterocycles. The second-order valence-corrected chi connectivity index (χ2v) is 3.01. The van der Waals surface area contributed by atoms with Crippen LogP contribution in [0.15, 0.2) is 0 Å². The van der Waals surface area contributed by atoms with Gasteiger partial charge in [0.1, 0.15) is 0 Å². The largest absolute Gasteiger partial charge is 0.328 e. The molecule has 3 heteroatoms. The molecule has 1 aliphatic rings. The summed E-state index contributed by atoms with van der Waals surface area (Å²) in [5, 5.41) is 0. The molecule has 0 saturated carbocycles. The zero-order valence-corrected chi connectivity index (χ0v) is 8.13. The van der Waals surface area contributed by atoms with Gasteiger partial charge >= 0.3 is 0 Å². The highest BCUT2D eigenvalue weighted by Crippen LogP contribution is 2.33. The van der Waals surface area contributed by atoms with Crippen LogP contribution < -0.4 is 0 Å². The van der Waals surface area contributed by atoms with Crippen LogP contribution in [0.5, 0.6) is 0 Å². The molecule has 0 bridgehead atoms. The minimum atomic E-state index is -0.747. The molecule has 72 valence electrons. The minimum absolute atomic E-state index is 0.331. The van der Waals surface area contributed by atoms with Crippen LogP contribution in [-0.4, -0.2) is 25.8 Å². The molecule has 0 spiro atoms. The Kier molecular flexibility index (Phi) is 3.50. The number of rotatable bonds is 4. The third-order valence-electron chi connectivity index (χ3n) is 2.15. The standard InChI is InChI=1S/C9H18O3/c1-4-10-9(11-5-2)8(3)6-7-12-9/h8H,4-7H2,1-3H3/t8-/m0/s1. The fourth-order valence-electron chi connectivity index (χ4n) is 1.51. The zero-order valence-electron chi connectivity index (χ0n) is 8.13. The Morgan fingerprint density at radius 1 is 1.33 bits per heavy atom. The van der Waals surface area contributed by atoms with Gasteiger partial charge in [-0.25, -0.2) is 0 Å². The van der Waals surface area contributed by atoms with Gasteiger partial charge in [-0.05, 0) is 20.3 Å². The van der Waals surface area contributed by atoms with E-state index in [1.165, 1.54) is 0 Å². The smallest absolute Gasteiger partial charge is 0.285 e. The highest BCUT2D eigenvalue weighted by Gasteiger charge is 2.43. The highest BCUT2D eigenvalue weighted by molar-refractivity contribution is 4.73. The molecule has 1 heterocycles. The van der Waals surface area contributed by atoms with E-state index < -0.39 is 5.97 Å². The molecule has 12 heavy (non-hydrogen) atoms. The van der Waals surface area contributed by atoms with Crippen LogP contribution in [0.2, 0.25) is 0 Å². The molecule has 1 atom stereocenters. The Balaban J connectivity index is 2.57. The van der Waals surface area contributed by atoms with Crippen molar-refractivity contribution in [1.82, 2.24) is 0 Å². The molecule has 0 aromatic carbocycles. The van der Waals surface area contributed by atoms with Gasteiger partial charge in [0.2, 0.25) is 0 Å². The van der Waals surface area contributed by atoms with Crippen molar-refractivity contribution < 1.29 is 14.2 Å². The van der Waals surface area contributed by atoms with E-state index in [1.54, 1.807) is 0 Å². The van der Waals surface area contributed by atoms with Crippen LogP contribution in [0.25, 0.3) is 0 Å². The summed E-state index contributed by atoms with van der Waals surface area (Å²) < 4.78 is 16.5. The van der Waals surface area contributed by atoms with E-state index in [0.29, 0.717) is 19.1 Å². The van der Waals surface area contributed by atoms with Crippen molar-refractivity contribution in [2.24, 2.45) is 5.92 Å². The molecule has 1 saturated heterocycles. The maximum atomic E-state index is 5.50. The summed E-state index contributed by atoms with van der Waals surface area (Å²) in [4.78, 5) is 0. The van der Waals surface area contributed by atoms with Gasteiger partial charge in [0, 0.05) is 19.1 Å². The summed E-state index contributed by atoms with van der Waals surface area (Å²) in [6.07, 6.45) is 1.01. The van der Waals surface area contributed by atoms with Gasteiger partial charge in [-0.2, -0.15) is 0 Å². The predicted molar refractivity (Wildman–Crippen MR) is 45.7 cm³/mol. The average Bonchev–Trinajstić information content (AvgIpc) is 2.35. The van der Waals surface area contributed by atoms with Gasteiger partial charge in [0.25, 0.3) is 5.97 Å². The lowest BCUT2D eigenvalue weighted by Gasteiger charge is -2.31. The third kappa shape index (κ3) is 1.79. The molecule has 0 aliphatic carbocycles. The van der Waals surface area contributed by atoms with E-state index in [0.717, 1.165) is 13.0 Å². The second kappa shape index (κ2) is 4.21. The van der Waals surface area contributed by atoms with E-state index >= 15 is 0 Å². The quantitative estimate of drug-likeness (QED) is 0.608. The van der Waals surface area contributed by atoms with E-state index in [4.69, 9.17) is 14.2 Å². The van der Waals surface area contributed by atoms with Gasteiger partial charge in [-0.1, -0.05) is 6.92 Å². The van der Waals surface area contributed by atoms with E-state index in [2.05, 4.69) is 6.92 Å². The molecule has 0 radical (unpaired) electrons. The number of hydrogen-bond donors (Lipinski definition) is 0. The van der Waals surface area contributed by atoms with Gasteiger partial charge < -0.3 is 14.2 Å². The summed E-state index contributed by atoms with van der Waals surface area (Å²) in [6, 6.07) is 0. The van der Waals surface area contributed by atoms with Gasteiger partial charge in [0.15, 0.2) is 0 Å². The molecular formula is C9H18O3. The molecule has 0 amide bonds. The number of hydrogen-bond acceptors (Lipinski definition) is 3. The lowest BCUT2D eigenvalue weighted by atomic mass is 10.1. The first-order chi connectivity index (χ1) is 5.75. The Bertz CT molecular complexity index is 130. The van der Waals surface area contributed by atoms with Crippen LogP contribution in [-0.2, 0) is 14.2 Å². The topological polar surface area (TPSA) is 27.7 Å². The van der Waals surface area contributed by atoms with Gasteiger partial charge in [-0.15, -0.1) is 0 Å². The summed E-state index contributed by atoms with van der Waals surface area (Å²) in [7, 11) is 0. The van der Waals surface area contributed by atoms with E-state index in [-0.39, 0.29) is 0 Å². The van der Waals surface area contributed by atoms with Crippen LogP contribution in [0, 0.1) is 5.92 Å². The van der Waals surface area contributed by atoms with Crippen molar-refractivity contribution in [3.05, 3.63) is 0 Å². The average molecular weight is 174 g/mol. The highest BCUT2D eigenvalue weighted by atomic mass is 16.9. The second-order valence-electron chi connectivity index (χ2n) is 3.01. The maximum absolute atomic E-state index is 5.50. The summed E-state index contributed by atoms with van der Waals surface area (Å²) in [5.74, 6) is -0.416.